The number of amides is 4. The second-order valence-electron chi connectivity index (χ2n) is 6.57. The highest BCUT2D eigenvalue weighted by atomic mass is 32.2. The normalized spacial score (nSPS) is 21.2. The summed E-state index contributed by atoms with van der Waals surface area (Å²) in [7, 11) is 0. The first-order valence-corrected chi connectivity index (χ1v) is 9.51. The molecule has 2 fully saturated rings. The molecule has 3 rings (SSSR count). The average molecular weight is 361 g/mol. The van der Waals surface area contributed by atoms with Crippen LogP contribution in [-0.2, 0) is 9.59 Å². The van der Waals surface area contributed by atoms with E-state index >= 15 is 0 Å². The van der Waals surface area contributed by atoms with Crippen molar-refractivity contribution < 1.29 is 14.4 Å². The third-order valence-corrected chi connectivity index (χ3v) is 5.97. The highest BCUT2D eigenvalue weighted by Crippen LogP contribution is 2.30. The Morgan fingerprint density at radius 3 is 2.48 bits per heavy atom. The number of rotatable bonds is 5. The zero-order valence-electron chi connectivity index (χ0n) is 14.3. The van der Waals surface area contributed by atoms with E-state index in [0.717, 1.165) is 25.9 Å². The molecular weight excluding hydrogens is 338 g/mol. The zero-order valence-corrected chi connectivity index (χ0v) is 15.1. The third-order valence-electron chi connectivity index (χ3n) is 4.62. The molecule has 1 aromatic rings. The molecule has 2 aliphatic rings. The summed E-state index contributed by atoms with van der Waals surface area (Å²) in [5.74, 6) is -0.279. The molecule has 25 heavy (non-hydrogen) atoms. The lowest BCUT2D eigenvalue weighted by atomic mass is 10.1. The molecule has 0 bridgehead atoms. The first-order valence-electron chi connectivity index (χ1n) is 8.64. The van der Waals surface area contributed by atoms with Gasteiger partial charge in [-0.1, -0.05) is 17.7 Å². The Labute approximate surface area is 151 Å². The van der Waals surface area contributed by atoms with E-state index in [1.165, 1.54) is 10.5 Å². The number of aryl methyl sites for hydroxylation is 1. The summed E-state index contributed by atoms with van der Waals surface area (Å²) >= 11 is 1.88. The Morgan fingerprint density at radius 1 is 1.20 bits per heavy atom. The molecular formula is C18H23N3O3S. The Hall–Kier alpha value is -2.02. The van der Waals surface area contributed by atoms with Gasteiger partial charge < -0.3 is 10.2 Å². The predicted octanol–water partition coefficient (Wildman–Crippen LogP) is 2.07. The topological polar surface area (TPSA) is 78.5 Å². The van der Waals surface area contributed by atoms with Crippen LogP contribution >= 0.6 is 11.8 Å². The van der Waals surface area contributed by atoms with E-state index < -0.39 is 12.1 Å². The fourth-order valence-corrected chi connectivity index (χ4v) is 4.25. The molecule has 7 heteroatoms. The van der Waals surface area contributed by atoms with Crippen molar-refractivity contribution in [1.82, 2.24) is 15.5 Å². The maximum absolute atomic E-state index is 12.3. The average Bonchev–Trinajstić information content (AvgIpc) is 2.93. The fourth-order valence-electron chi connectivity index (χ4n) is 3.12. The van der Waals surface area contributed by atoms with Crippen LogP contribution in [0.1, 0.15) is 31.2 Å². The molecule has 2 saturated heterocycles. The van der Waals surface area contributed by atoms with Gasteiger partial charge in [-0.25, -0.2) is 4.79 Å². The van der Waals surface area contributed by atoms with Crippen LogP contribution in [-0.4, -0.2) is 47.1 Å². The van der Waals surface area contributed by atoms with Crippen molar-refractivity contribution in [2.45, 2.75) is 48.8 Å². The van der Waals surface area contributed by atoms with Crippen LogP contribution < -0.4 is 10.6 Å². The van der Waals surface area contributed by atoms with Crippen molar-refractivity contribution in [2.24, 2.45) is 0 Å². The highest BCUT2D eigenvalue weighted by molar-refractivity contribution is 8.00. The Kier molecular flexibility index (Phi) is 5.63. The number of urea groups is 1. The van der Waals surface area contributed by atoms with Gasteiger partial charge in [0, 0.05) is 29.7 Å². The minimum absolute atomic E-state index is 0.0627. The molecule has 1 aromatic carbocycles. The van der Waals surface area contributed by atoms with Gasteiger partial charge in [-0.05, 0) is 38.3 Å². The predicted molar refractivity (Wildman–Crippen MR) is 96.3 cm³/mol. The first kappa shape index (κ1) is 17.8. The molecule has 0 unspecified atom stereocenters. The summed E-state index contributed by atoms with van der Waals surface area (Å²) < 4.78 is 0. The lowest BCUT2D eigenvalue weighted by Gasteiger charge is -2.32. The molecule has 6 nitrogen and oxygen atoms in total. The van der Waals surface area contributed by atoms with E-state index in [4.69, 9.17) is 0 Å². The third kappa shape index (κ3) is 4.75. The molecule has 2 aliphatic heterocycles. The van der Waals surface area contributed by atoms with Gasteiger partial charge in [-0.3, -0.25) is 14.9 Å². The van der Waals surface area contributed by atoms with Crippen LogP contribution in [0, 0.1) is 6.92 Å². The van der Waals surface area contributed by atoms with Crippen molar-refractivity contribution in [3.63, 3.8) is 0 Å². The van der Waals surface area contributed by atoms with Gasteiger partial charge >= 0.3 is 6.03 Å². The van der Waals surface area contributed by atoms with E-state index in [2.05, 4.69) is 41.8 Å². The summed E-state index contributed by atoms with van der Waals surface area (Å²) in [6.45, 7) is 3.59. The number of thioether (sulfide) groups is 1. The molecule has 0 radical (unpaired) electrons. The molecule has 134 valence electrons. The standard InChI is InChI=1S/C18H23N3O3S/c1-12-2-4-13(5-3-12)25-14-8-10-21(11-9-14)16(22)7-6-15-17(23)20-18(24)19-15/h2-5,14-15H,6-11H2,1H3,(H2,19,20,23,24)/t15-/m0/s1. The summed E-state index contributed by atoms with van der Waals surface area (Å²) in [4.78, 5) is 38.0. The summed E-state index contributed by atoms with van der Waals surface area (Å²) in [6.07, 6.45) is 2.60. The van der Waals surface area contributed by atoms with Crippen molar-refractivity contribution in [1.29, 1.82) is 0 Å². The largest absolute Gasteiger partial charge is 0.343 e. The maximum Gasteiger partial charge on any atom is 0.322 e. The van der Waals surface area contributed by atoms with E-state index in [0.29, 0.717) is 11.7 Å². The van der Waals surface area contributed by atoms with Gasteiger partial charge in [0.25, 0.3) is 5.91 Å². The number of carbonyl (C=O) groups excluding carboxylic acids is 3. The van der Waals surface area contributed by atoms with Gasteiger partial charge in [-0.2, -0.15) is 0 Å². The van der Waals surface area contributed by atoms with Gasteiger partial charge in [-0.15, -0.1) is 11.8 Å². The number of hydrogen-bond donors (Lipinski definition) is 2. The van der Waals surface area contributed by atoms with E-state index in [9.17, 15) is 14.4 Å². The smallest absolute Gasteiger partial charge is 0.322 e. The maximum atomic E-state index is 12.3. The molecule has 1 atom stereocenters. The lowest BCUT2D eigenvalue weighted by molar-refractivity contribution is -0.132. The van der Waals surface area contributed by atoms with Gasteiger partial charge in [0.2, 0.25) is 5.91 Å². The van der Waals surface area contributed by atoms with E-state index in [1.807, 2.05) is 16.7 Å². The Balaban J connectivity index is 1.41. The highest BCUT2D eigenvalue weighted by Gasteiger charge is 2.30. The second kappa shape index (κ2) is 7.91. The molecule has 4 amide bonds. The number of benzene rings is 1. The van der Waals surface area contributed by atoms with Crippen molar-refractivity contribution in [2.75, 3.05) is 13.1 Å². The number of nitrogens with one attached hydrogen (secondary N) is 2. The number of carbonyl (C=O) groups is 3. The van der Waals surface area contributed by atoms with Gasteiger partial charge in [0.1, 0.15) is 6.04 Å². The van der Waals surface area contributed by atoms with Crippen LogP contribution in [0.5, 0.6) is 0 Å². The van der Waals surface area contributed by atoms with Crippen LogP contribution in [0.2, 0.25) is 0 Å². The number of likely N-dealkylation sites (tertiary alicyclic amines) is 1. The van der Waals surface area contributed by atoms with Crippen LogP contribution in [0.15, 0.2) is 29.2 Å². The Bertz CT molecular complexity index is 654. The summed E-state index contributed by atoms with van der Waals surface area (Å²) in [6, 6.07) is 7.50. The molecule has 2 heterocycles. The minimum atomic E-state index is -0.578. The van der Waals surface area contributed by atoms with E-state index in [1.54, 1.807) is 0 Å². The van der Waals surface area contributed by atoms with Crippen LogP contribution in [0.3, 0.4) is 0 Å². The van der Waals surface area contributed by atoms with Crippen molar-refractivity contribution >= 4 is 29.6 Å². The molecule has 0 spiro atoms. The van der Waals surface area contributed by atoms with Crippen LogP contribution in [0.4, 0.5) is 4.79 Å². The van der Waals surface area contributed by atoms with E-state index in [-0.39, 0.29) is 18.2 Å². The lowest BCUT2D eigenvalue weighted by Crippen LogP contribution is -2.40. The second-order valence-corrected chi connectivity index (χ2v) is 7.94. The first-order chi connectivity index (χ1) is 12.0. The van der Waals surface area contributed by atoms with Gasteiger partial charge in [0.05, 0.1) is 0 Å². The van der Waals surface area contributed by atoms with Crippen molar-refractivity contribution in [3.05, 3.63) is 29.8 Å². The van der Waals surface area contributed by atoms with Crippen molar-refractivity contribution in [3.8, 4) is 0 Å². The quantitative estimate of drug-likeness (QED) is 0.787. The summed E-state index contributed by atoms with van der Waals surface area (Å²) in [5.41, 5.74) is 1.26. The zero-order chi connectivity index (χ0) is 17.8. The number of hydrogen-bond acceptors (Lipinski definition) is 4. The molecule has 2 N–H and O–H groups in total. The molecule has 0 saturated carbocycles. The van der Waals surface area contributed by atoms with Crippen LogP contribution in [0.25, 0.3) is 0 Å². The Morgan fingerprint density at radius 2 is 1.88 bits per heavy atom. The summed E-state index contributed by atoms with van der Waals surface area (Å²) in [5, 5.41) is 5.25. The molecule has 0 aliphatic carbocycles. The minimum Gasteiger partial charge on any atom is -0.343 e. The molecule has 0 aromatic heterocycles. The number of imide groups is 1. The fraction of sp³-hybridized carbons (Fsp3) is 0.500. The number of nitrogens with zero attached hydrogens (tertiary/aromatic N) is 1. The number of piperidine rings is 1. The monoisotopic (exact) mass is 361 g/mol. The van der Waals surface area contributed by atoms with Gasteiger partial charge in [0.15, 0.2) is 0 Å². The SMILES string of the molecule is Cc1ccc(SC2CCN(C(=O)CC[C@@H]3NC(=O)NC3=O)CC2)cc1.